The van der Waals surface area contributed by atoms with Crippen molar-refractivity contribution in [3.05, 3.63) is 58.8 Å². The van der Waals surface area contributed by atoms with Crippen LogP contribution in [0.1, 0.15) is 61.7 Å². The highest BCUT2D eigenvalue weighted by molar-refractivity contribution is 5.78. The van der Waals surface area contributed by atoms with Crippen LogP contribution >= 0.6 is 0 Å². The van der Waals surface area contributed by atoms with E-state index in [0.717, 1.165) is 22.3 Å². The molecular formula is C23H30N4O3. The van der Waals surface area contributed by atoms with Gasteiger partial charge in [-0.1, -0.05) is 38.1 Å². The van der Waals surface area contributed by atoms with Crippen molar-refractivity contribution in [1.82, 2.24) is 20.9 Å². The summed E-state index contributed by atoms with van der Waals surface area (Å²) in [4.78, 5) is 28.6. The molecule has 2 aromatic rings. The summed E-state index contributed by atoms with van der Waals surface area (Å²) in [6.07, 6.45) is 1.78. The highest BCUT2D eigenvalue weighted by Gasteiger charge is 2.29. The zero-order chi connectivity index (χ0) is 21.7. The fourth-order valence-electron chi connectivity index (χ4n) is 3.42. The normalized spacial score (nSPS) is 18.8. The van der Waals surface area contributed by atoms with E-state index in [2.05, 4.69) is 20.9 Å². The van der Waals surface area contributed by atoms with Crippen molar-refractivity contribution >= 4 is 11.8 Å². The van der Waals surface area contributed by atoms with Gasteiger partial charge in [0.05, 0.1) is 6.61 Å². The first-order chi connectivity index (χ1) is 14.4. The number of rotatable bonds is 7. The first kappa shape index (κ1) is 21.8. The van der Waals surface area contributed by atoms with Gasteiger partial charge in [-0.25, -0.2) is 4.98 Å². The fraction of sp³-hybridized carbons (Fsp3) is 0.435. The number of hydrogen-bond acceptors (Lipinski definition) is 5. The number of nitrogens with zero attached hydrogens (tertiary/aromatic N) is 1. The number of nitrogens with one attached hydrogen (secondary N) is 3. The van der Waals surface area contributed by atoms with Crippen LogP contribution in [0.25, 0.3) is 0 Å². The zero-order valence-corrected chi connectivity index (χ0v) is 18.0. The van der Waals surface area contributed by atoms with Gasteiger partial charge in [-0.15, -0.1) is 0 Å². The minimum Gasteiger partial charge on any atom is -0.478 e. The molecule has 1 aromatic carbocycles. The Kier molecular flexibility index (Phi) is 7.05. The lowest BCUT2D eigenvalue weighted by atomic mass is 9.97. The molecule has 1 aliphatic heterocycles. The number of hydrogen-bond donors (Lipinski definition) is 3. The molecule has 1 fully saturated rings. The molecule has 0 bridgehead atoms. The van der Waals surface area contributed by atoms with Gasteiger partial charge in [-0.05, 0) is 36.1 Å². The van der Waals surface area contributed by atoms with Gasteiger partial charge in [0.2, 0.25) is 17.7 Å². The predicted octanol–water partition coefficient (Wildman–Crippen LogP) is 2.91. The van der Waals surface area contributed by atoms with E-state index in [1.54, 1.807) is 6.20 Å². The molecule has 2 unspecified atom stereocenters. The zero-order valence-electron chi connectivity index (χ0n) is 18.0. The first-order valence-electron chi connectivity index (χ1n) is 10.4. The molecule has 3 rings (SSSR count). The van der Waals surface area contributed by atoms with Crippen LogP contribution in [0.2, 0.25) is 0 Å². The van der Waals surface area contributed by atoms with Gasteiger partial charge in [0.25, 0.3) is 0 Å². The summed E-state index contributed by atoms with van der Waals surface area (Å²) in [7, 11) is 0. The lowest BCUT2D eigenvalue weighted by molar-refractivity contribution is -0.125. The summed E-state index contributed by atoms with van der Waals surface area (Å²) in [5, 5.41) is 9.49. The lowest BCUT2D eigenvalue weighted by Crippen LogP contribution is -2.47. The van der Waals surface area contributed by atoms with Gasteiger partial charge in [-0.2, -0.15) is 0 Å². The van der Waals surface area contributed by atoms with Crippen LogP contribution in [0.3, 0.4) is 0 Å². The number of benzene rings is 1. The Balaban J connectivity index is 1.76. The van der Waals surface area contributed by atoms with Crippen molar-refractivity contribution in [1.29, 1.82) is 0 Å². The molecule has 2 heterocycles. The van der Waals surface area contributed by atoms with Crippen molar-refractivity contribution in [2.75, 3.05) is 6.61 Å². The Bertz CT molecular complexity index is 896. The number of ether oxygens (including phenoxy) is 1. The number of amides is 2. The predicted molar refractivity (Wildman–Crippen MR) is 115 cm³/mol. The van der Waals surface area contributed by atoms with Gasteiger partial charge < -0.3 is 15.4 Å². The van der Waals surface area contributed by atoms with Crippen LogP contribution in [-0.2, 0) is 16.1 Å². The molecule has 3 N–H and O–H groups in total. The molecule has 0 spiro atoms. The first-order valence-corrected chi connectivity index (χ1v) is 10.4. The number of carbonyl (C=O) groups is 2. The van der Waals surface area contributed by atoms with Crippen LogP contribution in [0.15, 0.2) is 36.5 Å². The van der Waals surface area contributed by atoms with Crippen LogP contribution in [0.4, 0.5) is 0 Å². The molecule has 7 nitrogen and oxygen atoms in total. The fourth-order valence-corrected chi connectivity index (χ4v) is 3.42. The highest BCUT2D eigenvalue weighted by Crippen LogP contribution is 2.28. The molecular weight excluding hydrogens is 380 g/mol. The minimum atomic E-state index is -0.316. The van der Waals surface area contributed by atoms with E-state index < -0.39 is 0 Å². The van der Waals surface area contributed by atoms with E-state index in [-0.39, 0.29) is 29.9 Å². The summed E-state index contributed by atoms with van der Waals surface area (Å²) in [5.74, 6) is 0.516. The molecule has 2 amide bonds. The van der Waals surface area contributed by atoms with E-state index in [9.17, 15) is 9.59 Å². The number of aromatic nitrogens is 1. The average Bonchev–Trinajstić information content (AvgIpc) is 2.73. The maximum atomic E-state index is 12.4. The van der Waals surface area contributed by atoms with Gasteiger partial charge in [0.15, 0.2) is 0 Å². The summed E-state index contributed by atoms with van der Waals surface area (Å²) < 4.78 is 5.40. The minimum absolute atomic E-state index is 0.0179. The third-order valence-electron chi connectivity index (χ3n) is 5.16. The largest absolute Gasteiger partial charge is 0.478 e. The van der Waals surface area contributed by atoms with Crippen molar-refractivity contribution in [2.24, 2.45) is 5.92 Å². The molecule has 7 heteroatoms. The van der Waals surface area contributed by atoms with Gasteiger partial charge in [0, 0.05) is 37.2 Å². The Morgan fingerprint density at radius 2 is 2.10 bits per heavy atom. The molecule has 30 heavy (non-hydrogen) atoms. The smallest absolute Gasteiger partial charge is 0.223 e. The Labute approximate surface area is 177 Å². The molecule has 1 aliphatic rings. The van der Waals surface area contributed by atoms with Gasteiger partial charge in [-0.3, -0.25) is 14.9 Å². The number of carbonyl (C=O) groups excluding carboxylic acids is 2. The quantitative estimate of drug-likeness (QED) is 0.653. The van der Waals surface area contributed by atoms with E-state index in [1.807, 2.05) is 58.0 Å². The van der Waals surface area contributed by atoms with E-state index >= 15 is 0 Å². The van der Waals surface area contributed by atoms with Gasteiger partial charge in [0.1, 0.15) is 6.17 Å². The third kappa shape index (κ3) is 5.36. The Hall–Kier alpha value is -2.93. The molecule has 160 valence electrons. The van der Waals surface area contributed by atoms with Gasteiger partial charge >= 0.3 is 0 Å². The number of pyridine rings is 1. The topological polar surface area (TPSA) is 92.4 Å². The van der Waals surface area contributed by atoms with Crippen molar-refractivity contribution in [3.8, 4) is 5.88 Å². The third-order valence-corrected chi connectivity index (χ3v) is 5.16. The van der Waals surface area contributed by atoms with E-state index in [4.69, 9.17) is 4.74 Å². The number of aryl methyl sites for hydroxylation is 1. The molecule has 2 atom stereocenters. The Morgan fingerprint density at radius 3 is 2.77 bits per heavy atom. The van der Waals surface area contributed by atoms with Crippen LogP contribution in [0, 0.1) is 12.8 Å². The highest BCUT2D eigenvalue weighted by atomic mass is 16.5. The van der Waals surface area contributed by atoms with E-state index in [0.29, 0.717) is 25.5 Å². The molecule has 0 saturated carbocycles. The monoisotopic (exact) mass is 410 g/mol. The average molecular weight is 411 g/mol. The van der Waals surface area contributed by atoms with Crippen LogP contribution in [-0.4, -0.2) is 23.4 Å². The summed E-state index contributed by atoms with van der Waals surface area (Å²) in [5.41, 5.74) is 3.99. The second kappa shape index (κ2) is 9.71. The summed E-state index contributed by atoms with van der Waals surface area (Å²) in [6, 6.07) is 9.67. The summed E-state index contributed by atoms with van der Waals surface area (Å²) in [6.45, 7) is 8.68. The second-order valence-corrected chi connectivity index (χ2v) is 7.85. The second-order valence-electron chi connectivity index (χ2n) is 7.85. The van der Waals surface area contributed by atoms with Crippen molar-refractivity contribution < 1.29 is 14.3 Å². The molecule has 0 aliphatic carbocycles. The molecule has 1 aromatic heterocycles. The lowest BCUT2D eigenvalue weighted by Gasteiger charge is -2.33. The van der Waals surface area contributed by atoms with Crippen molar-refractivity contribution in [3.63, 3.8) is 0 Å². The molecule has 0 radical (unpaired) electrons. The summed E-state index contributed by atoms with van der Waals surface area (Å²) >= 11 is 0. The standard InChI is InChI=1S/C23H30N4O3/c1-5-30-21-9-8-17(13-24-21)19-11-20(28)27-22(26-19)18-10-16(7-6-15(18)4)12-25-23(29)14(2)3/h6-10,13-14,19,22,26H,5,11-12H2,1-4H3,(H,25,29)(H,27,28). The maximum absolute atomic E-state index is 12.4. The van der Waals surface area contributed by atoms with Crippen molar-refractivity contribution in [2.45, 2.75) is 52.9 Å². The maximum Gasteiger partial charge on any atom is 0.223 e. The van der Waals surface area contributed by atoms with Crippen LogP contribution in [0.5, 0.6) is 5.88 Å². The van der Waals surface area contributed by atoms with E-state index in [1.165, 1.54) is 0 Å². The molecule has 1 saturated heterocycles. The van der Waals surface area contributed by atoms with Crippen LogP contribution < -0.4 is 20.7 Å². The Morgan fingerprint density at radius 1 is 1.30 bits per heavy atom. The SMILES string of the molecule is CCOc1ccc(C2CC(=O)NC(c3cc(CNC(=O)C(C)C)ccc3C)N2)cn1.